The molecule has 9 nitrogen and oxygen atoms in total. The molecule has 1 heterocycles. The normalized spacial score (nSPS) is 12.9. The average Bonchev–Trinajstić information content (AvgIpc) is 2.63. The van der Waals surface area contributed by atoms with Crippen LogP contribution in [0.4, 0.5) is 0 Å². The van der Waals surface area contributed by atoms with Gasteiger partial charge in [-0.05, 0) is 35.9 Å². The zero-order chi connectivity index (χ0) is 21.1. The molecular weight excluding hydrogens is 422 g/mol. The number of rotatable bonds is 7. The van der Waals surface area contributed by atoms with Gasteiger partial charge in [-0.3, -0.25) is 14.1 Å². The molecule has 3 rings (SSSR count). The number of para-hydroxylation sites is 1. The Labute approximate surface area is 167 Å². The Kier molecular flexibility index (Phi) is 5.84. The van der Waals surface area contributed by atoms with Gasteiger partial charge in [-0.25, -0.2) is 0 Å². The Morgan fingerprint density at radius 1 is 0.759 bits per heavy atom. The van der Waals surface area contributed by atoms with Crippen LogP contribution in [0.1, 0.15) is 22.7 Å². The first kappa shape index (κ1) is 20.7. The van der Waals surface area contributed by atoms with Crippen LogP contribution in [0.2, 0.25) is 0 Å². The zero-order valence-corrected chi connectivity index (χ0v) is 16.2. The summed E-state index contributed by atoms with van der Waals surface area (Å²) in [4.78, 5) is 4.32. The fourth-order valence-corrected chi connectivity index (χ4v) is 3.54. The lowest BCUT2D eigenvalue weighted by molar-refractivity contribution is 0.383. The van der Waals surface area contributed by atoms with Crippen molar-refractivity contribution < 1.29 is 34.3 Å². The van der Waals surface area contributed by atoms with Crippen LogP contribution in [0.5, 0.6) is 11.5 Å². The molecule has 0 aliphatic carbocycles. The monoisotopic (exact) mass is 437 g/mol. The van der Waals surface area contributed by atoms with Gasteiger partial charge in [0.1, 0.15) is 11.5 Å². The lowest BCUT2D eigenvalue weighted by Crippen LogP contribution is -2.12. The molecule has 11 heteroatoms. The van der Waals surface area contributed by atoms with E-state index in [9.17, 15) is 16.8 Å². The van der Waals surface area contributed by atoms with Crippen molar-refractivity contribution in [1.82, 2.24) is 4.98 Å². The standard InChI is InChI=1S/C18H15NO8S2/c20-28(21,22)26-14-10-8-13(9-11-14)18(16-6-3-4-12-19-16)15-5-1-2-7-17(15)27-29(23,24)25/h1-12,18H,(H,20,21,22)(H,23,24,25)/t18-/m1/s1. The molecule has 0 saturated heterocycles. The number of hydrogen-bond donors (Lipinski definition) is 2. The van der Waals surface area contributed by atoms with Gasteiger partial charge in [-0.2, -0.15) is 16.8 Å². The molecule has 1 atom stereocenters. The predicted octanol–water partition coefficient (Wildman–Crippen LogP) is 2.62. The number of hydrogen-bond acceptors (Lipinski definition) is 7. The SMILES string of the molecule is O=S(=O)(O)Oc1ccc([C@@H](c2ccccn2)c2ccccc2OS(=O)(=O)O)cc1. The highest BCUT2D eigenvalue weighted by Gasteiger charge is 2.24. The average molecular weight is 437 g/mol. The van der Waals surface area contributed by atoms with Crippen molar-refractivity contribution in [2.45, 2.75) is 5.92 Å². The summed E-state index contributed by atoms with van der Waals surface area (Å²) in [6.07, 6.45) is 1.56. The maximum atomic E-state index is 11.2. The molecule has 0 aliphatic heterocycles. The van der Waals surface area contributed by atoms with Crippen LogP contribution in [-0.4, -0.2) is 30.9 Å². The fraction of sp³-hybridized carbons (Fsp3) is 0.0556. The van der Waals surface area contributed by atoms with Gasteiger partial charge < -0.3 is 8.37 Å². The van der Waals surface area contributed by atoms with E-state index in [-0.39, 0.29) is 11.5 Å². The molecule has 29 heavy (non-hydrogen) atoms. The molecule has 3 aromatic rings. The first-order valence-corrected chi connectivity index (χ1v) is 10.8. The van der Waals surface area contributed by atoms with E-state index in [1.807, 2.05) is 0 Å². The summed E-state index contributed by atoms with van der Waals surface area (Å²) in [7, 11) is -9.43. The largest absolute Gasteiger partial charge is 0.446 e. The Morgan fingerprint density at radius 2 is 1.38 bits per heavy atom. The van der Waals surface area contributed by atoms with Gasteiger partial charge in [0, 0.05) is 11.8 Å². The second-order valence-electron chi connectivity index (χ2n) is 5.82. The summed E-state index contributed by atoms with van der Waals surface area (Å²) in [5.74, 6) is -0.823. The summed E-state index contributed by atoms with van der Waals surface area (Å²) in [5, 5.41) is 0. The second kappa shape index (κ2) is 8.17. The third-order valence-electron chi connectivity index (χ3n) is 3.82. The van der Waals surface area contributed by atoms with Crippen molar-refractivity contribution in [3.63, 3.8) is 0 Å². The van der Waals surface area contributed by atoms with E-state index in [1.165, 1.54) is 30.3 Å². The lowest BCUT2D eigenvalue weighted by Gasteiger charge is -2.20. The van der Waals surface area contributed by atoms with E-state index in [1.54, 1.807) is 42.6 Å². The molecule has 0 fully saturated rings. The Bertz CT molecular complexity index is 1190. The van der Waals surface area contributed by atoms with Gasteiger partial charge in [-0.1, -0.05) is 36.4 Å². The van der Waals surface area contributed by atoms with Crippen molar-refractivity contribution in [2.24, 2.45) is 0 Å². The number of aromatic nitrogens is 1. The van der Waals surface area contributed by atoms with E-state index in [0.717, 1.165) is 0 Å². The molecule has 0 saturated carbocycles. The minimum Gasteiger partial charge on any atom is -0.362 e. The summed E-state index contributed by atoms with van der Waals surface area (Å²) in [5.41, 5.74) is 1.53. The highest BCUT2D eigenvalue weighted by Crippen LogP contribution is 2.37. The highest BCUT2D eigenvalue weighted by atomic mass is 32.3. The van der Waals surface area contributed by atoms with Gasteiger partial charge in [0.2, 0.25) is 0 Å². The molecule has 0 unspecified atom stereocenters. The summed E-state index contributed by atoms with van der Waals surface area (Å²) in [6, 6.07) is 17.1. The molecule has 0 bridgehead atoms. The molecule has 0 radical (unpaired) electrons. The van der Waals surface area contributed by atoms with Crippen LogP contribution in [0.25, 0.3) is 0 Å². The van der Waals surface area contributed by atoms with Crippen LogP contribution in [0.15, 0.2) is 72.9 Å². The molecule has 2 aromatic carbocycles. The highest BCUT2D eigenvalue weighted by molar-refractivity contribution is 7.81. The third-order valence-corrected chi connectivity index (χ3v) is 4.62. The van der Waals surface area contributed by atoms with E-state index >= 15 is 0 Å². The van der Waals surface area contributed by atoms with Crippen molar-refractivity contribution >= 4 is 20.8 Å². The molecular formula is C18H15NO8S2. The molecule has 0 spiro atoms. The van der Waals surface area contributed by atoms with Gasteiger partial charge in [0.25, 0.3) is 0 Å². The van der Waals surface area contributed by atoms with Gasteiger partial charge in [0.15, 0.2) is 0 Å². The number of nitrogens with zero attached hydrogens (tertiary/aromatic N) is 1. The second-order valence-corrected chi connectivity index (χ2v) is 7.86. The Hall–Kier alpha value is -2.99. The fourth-order valence-electron chi connectivity index (χ4n) is 2.80. The van der Waals surface area contributed by atoms with Crippen molar-refractivity contribution in [3.8, 4) is 11.5 Å². The quantitative estimate of drug-likeness (QED) is 0.534. The minimum atomic E-state index is -4.76. The summed E-state index contributed by atoms with van der Waals surface area (Å²) < 4.78 is 71.2. The predicted molar refractivity (Wildman–Crippen MR) is 102 cm³/mol. The van der Waals surface area contributed by atoms with Crippen LogP contribution in [0.3, 0.4) is 0 Å². The van der Waals surface area contributed by atoms with Crippen molar-refractivity contribution in [2.75, 3.05) is 0 Å². The molecule has 152 valence electrons. The van der Waals surface area contributed by atoms with E-state index in [2.05, 4.69) is 9.17 Å². The first-order chi connectivity index (χ1) is 13.6. The van der Waals surface area contributed by atoms with Crippen molar-refractivity contribution in [3.05, 3.63) is 89.7 Å². The number of benzene rings is 2. The smallest absolute Gasteiger partial charge is 0.362 e. The minimum absolute atomic E-state index is 0.0936. The van der Waals surface area contributed by atoms with Gasteiger partial charge >= 0.3 is 20.8 Å². The maximum absolute atomic E-state index is 11.2. The Balaban J connectivity index is 2.11. The molecule has 1 aromatic heterocycles. The topological polar surface area (TPSA) is 140 Å². The Morgan fingerprint density at radius 3 is 1.97 bits per heavy atom. The molecule has 0 amide bonds. The zero-order valence-electron chi connectivity index (χ0n) is 14.6. The lowest BCUT2D eigenvalue weighted by atomic mass is 9.87. The molecule has 0 aliphatic rings. The van der Waals surface area contributed by atoms with Crippen LogP contribution in [0, 0.1) is 0 Å². The van der Waals surface area contributed by atoms with Crippen molar-refractivity contribution in [1.29, 1.82) is 0 Å². The molecule has 2 N–H and O–H groups in total. The first-order valence-electron chi connectivity index (χ1n) is 8.06. The van der Waals surface area contributed by atoms with Crippen LogP contribution < -0.4 is 8.37 Å². The number of pyridine rings is 1. The van der Waals surface area contributed by atoms with E-state index in [0.29, 0.717) is 16.8 Å². The van der Waals surface area contributed by atoms with E-state index < -0.39 is 26.7 Å². The maximum Gasteiger partial charge on any atom is 0.446 e. The van der Waals surface area contributed by atoms with E-state index in [4.69, 9.17) is 13.3 Å². The van der Waals surface area contributed by atoms with Gasteiger partial charge in [0.05, 0.1) is 11.6 Å². The summed E-state index contributed by atoms with van der Waals surface area (Å²) >= 11 is 0. The van der Waals surface area contributed by atoms with Gasteiger partial charge in [-0.15, -0.1) is 0 Å². The third kappa shape index (κ3) is 5.74. The van der Waals surface area contributed by atoms with Crippen LogP contribution in [-0.2, 0) is 20.8 Å². The summed E-state index contributed by atoms with van der Waals surface area (Å²) in [6.45, 7) is 0. The van der Waals surface area contributed by atoms with Crippen LogP contribution >= 0.6 is 0 Å².